The van der Waals surface area contributed by atoms with Gasteiger partial charge in [-0.05, 0) is 42.3 Å². The molecular formula is C22H20O4. The van der Waals surface area contributed by atoms with Gasteiger partial charge in [-0.3, -0.25) is 0 Å². The first kappa shape index (κ1) is 16.3. The normalized spacial score (nSPS) is 12.1. The van der Waals surface area contributed by atoms with Gasteiger partial charge >= 0.3 is 0 Å². The molecule has 1 aliphatic heterocycles. The average Bonchev–Trinajstić information content (AvgIpc) is 3.16. The predicted molar refractivity (Wildman–Crippen MR) is 101 cm³/mol. The first-order valence-corrected chi connectivity index (χ1v) is 8.60. The van der Waals surface area contributed by atoms with Gasteiger partial charge in [0.05, 0.1) is 13.7 Å². The highest BCUT2D eigenvalue weighted by atomic mass is 16.7. The first-order valence-electron chi connectivity index (χ1n) is 8.60. The van der Waals surface area contributed by atoms with Crippen LogP contribution in [0.25, 0.3) is 22.3 Å². The summed E-state index contributed by atoms with van der Waals surface area (Å²) in [6.45, 7) is 2.85. The molecule has 26 heavy (non-hydrogen) atoms. The minimum absolute atomic E-state index is 0.267. The number of ether oxygens (including phenoxy) is 4. The molecule has 0 unspecified atom stereocenters. The maximum atomic E-state index is 6.05. The lowest BCUT2D eigenvalue weighted by Gasteiger charge is -2.16. The van der Waals surface area contributed by atoms with Gasteiger partial charge in [0.25, 0.3) is 0 Å². The van der Waals surface area contributed by atoms with Crippen LogP contribution in [0.1, 0.15) is 6.92 Å². The van der Waals surface area contributed by atoms with Crippen LogP contribution in [0, 0.1) is 0 Å². The van der Waals surface area contributed by atoms with Crippen LogP contribution in [0.5, 0.6) is 23.0 Å². The van der Waals surface area contributed by atoms with Crippen LogP contribution in [-0.4, -0.2) is 20.5 Å². The van der Waals surface area contributed by atoms with Crippen molar-refractivity contribution in [3.63, 3.8) is 0 Å². The van der Waals surface area contributed by atoms with Gasteiger partial charge in [0.1, 0.15) is 11.5 Å². The average molecular weight is 348 g/mol. The Kier molecular flexibility index (Phi) is 4.40. The molecule has 0 saturated heterocycles. The second kappa shape index (κ2) is 7.00. The highest BCUT2D eigenvalue weighted by Crippen LogP contribution is 2.42. The van der Waals surface area contributed by atoms with Crippen LogP contribution in [0.15, 0.2) is 60.7 Å². The lowest BCUT2D eigenvalue weighted by Crippen LogP contribution is -1.97. The molecule has 0 amide bonds. The van der Waals surface area contributed by atoms with Gasteiger partial charge in [0.15, 0.2) is 11.5 Å². The molecule has 0 spiro atoms. The van der Waals surface area contributed by atoms with Crippen molar-refractivity contribution in [3.05, 3.63) is 60.7 Å². The number of rotatable bonds is 5. The Morgan fingerprint density at radius 3 is 2.27 bits per heavy atom. The monoisotopic (exact) mass is 348 g/mol. The van der Waals surface area contributed by atoms with Crippen LogP contribution in [0.3, 0.4) is 0 Å². The fraction of sp³-hybridized carbons (Fsp3) is 0.182. The van der Waals surface area contributed by atoms with E-state index in [1.54, 1.807) is 7.11 Å². The molecular weight excluding hydrogens is 328 g/mol. The third-order valence-corrected chi connectivity index (χ3v) is 4.39. The topological polar surface area (TPSA) is 36.9 Å². The molecule has 132 valence electrons. The molecule has 1 heterocycles. The maximum Gasteiger partial charge on any atom is 0.231 e. The summed E-state index contributed by atoms with van der Waals surface area (Å²) in [5, 5.41) is 0. The highest BCUT2D eigenvalue weighted by Gasteiger charge is 2.17. The Labute approximate surface area is 152 Å². The maximum absolute atomic E-state index is 6.05. The van der Waals surface area contributed by atoms with Crippen molar-refractivity contribution in [2.45, 2.75) is 6.92 Å². The summed E-state index contributed by atoms with van der Waals surface area (Å²) in [5.74, 6) is 3.23. The molecule has 0 bridgehead atoms. The predicted octanol–water partition coefficient (Wildman–Crippen LogP) is 5.16. The van der Waals surface area contributed by atoms with E-state index in [0.29, 0.717) is 6.61 Å². The van der Waals surface area contributed by atoms with Crippen LogP contribution in [-0.2, 0) is 0 Å². The van der Waals surface area contributed by atoms with Gasteiger partial charge in [-0.1, -0.05) is 36.4 Å². The number of fused-ring (bicyclic) bond motifs is 1. The third kappa shape index (κ3) is 2.94. The summed E-state index contributed by atoms with van der Waals surface area (Å²) < 4.78 is 22.3. The Bertz CT molecular complexity index is 916. The molecule has 0 radical (unpaired) electrons. The Morgan fingerprint density at radius 1 is 0.846 bits per heavy atom. The molecule has 4 heteroatoms. The summed E-state index contributed by atoms with van der Waals surface area (Å²) in [7, 11) is 1.67. The first-order chi connectivity index (χ1) is 12.8. The number of benzene rings is 3. The molecule has 0 saturated carbocycles. The van der Waals surface area contributed by atoms with E-state index in [9.17, 15) is 0 Å². The van der Waals surface area contributed by atoms with Gasteiger partial charge < -0.3 is 18.9 Å². The molecule has 4 nitrogen and oxygen atoms in total. The lowest BCUT2D eigenvalue weighted by molar-refractivity contribution is 0.174. The van der Waals surface area contributed by atoms with Crippen LogP contribution >= 0.6 is 0 Å². The van der Waals surface area contributed by atoms with E-state index in [0.717, 1.165) is 45.3 Å². The minimum atomic E-state index is 0.267. The minimum Gasteiger partial charge on any atom is -0.497 e. The fourth-order valence-electron chi connectivity index (χ4n) is 3.13. The van der Waals surface area contributed by atoms with E-state index in [1.165, 1.54) is 0 Å². The zero-order chi connectivity index (χ0) is 17.9. The number of hydrogen-bond acceptors (Lipinski definition) is 4. The summed E-state index contributed by atoms with van der Waals surface area (Å²) in [5.41, 5.74) is 4.19. The van der Waals surface area contributed by atoms with Gasteiger partial charge in [0, 0.05) is 11.1 Å². The smallest absolute Gasteiger partial charge is 0.231 e. The fourth-order valence-corrected chi connectivity index (χ4v) is 3.13. The molecule has 1 aliphatic rings. The quantitative estimate of drug-likeness (QED) is 0.638. The third-order valence-electron chi connectivity index (χ3n) is 4.39. The van der Waals surface area contributed by atoms with Crippen molar-refractivity contribution in [2.24, 2.45) is 0 Å². The zero-order valence-electron chi connectivity index (χ0n) is 14.8. The molecule has 0 atom stereocenters. The van der Waals surface area contributed by atoms with Crippen molar-refractivity contribution >= 4 is 0 Å². The standard InChI is InChI=1S/C22H20O4/c1-3-24-22-18(15-7-10-17(23-2)11-8-15)5-4-6-19(22)16-9-12-20-21(13-16)26-14-25-20/h4-13H,3,14H2,1-2H3. The second-order valence-corrected chi connectivity index (χ2v) is 5.91. The van der Waals surface area contributed by atoms with Crippen molar-refractivity contribution in [3.8, 4) is 45.3 Å². The molecule has 0 aromatic heterocycles. The SMILES string of the molecule is CCOc1c(-c2ccc(OC)cc2)cccc1-c1ccc2c(c1)OCO2. The van der Waals surface area contributed by atoms with Crippen LogP contribution in [0.2, 0.25) is 0 Å². The van der Waals surface area contributed by atoms with Crippen molar-refractivity contribution in [1.82, 2.24) is 0 Å². The second-order valence-electron chi connectivity index (χ2n) is 5.91. The van der Waals surface area contributed by atoms with E-state index in [-0.39, 0.29) is 6.79 Å². The lowest BCUT2D eigenvalue weighted by atomic mass is 9.97. The Balaban J connectivity index is 1.82. The molecule has 0 aliphatic carbocycles. The number of para-hydroxylation sites is 1. The summed E-state index contributed by atoms with van der Waals surface area (Å²) in [6.07, 6.45) is 0. The van der Waals surface area contributed by atoms with Gasteiger partial charge in [-0.25, -0.2) is 0 Å². The zero-order valence-corrected chi connectivity index (χ0v) is 14.8. The molecule has 3 aromatic carbocycles. The van der Waals surface area contributed by atoms with Crippen molar-refractivity contribution in [1.29, 1.82) is 0 Å². The van der Waals surface area contributed by atoms with Crippen molar-refractivity contribution < 1.29 is 18.9 Å². The van der Waals surface area contributed by atoms with E-state index in [2.05, 4.69) is 12.1 Å². The van der Waals surface area contributed by atoms with E-state index >= 15 is 0 Å². The highest BCUT2D eigenvalue weighted by molar-refractivity contribution is 5.83. The summed E-state index contributed by atoms with van der Waals surface area (Å²) in [6, 6.07) is 20.1. The number of hydrogen-bond donors (Lipinski definition) is 0. The molecule has 0 fully saturated rings. The molecule has 0 N–H and O–H groups in total. The van der Waals surface area contributed by atoms with Crippen LogP contribution in [0.4, 0.5) is 0 Å². The van der Waals surface area contributed by atoms with E-state index in [4.69, 9.17) is 18.9 Å². The van der Waals surface area contributed by atoms with Gasteiger partial charge in [0.2, 0.25) is 6.79 Å². The molecule has 4 rings (SSSR count). The largest absolute Gasteiger partial charge is 0.497 e. The van der Waals surface area contributed by atoms with E-state index < -0.39 is 0 Å². The van der Waals surface area contributed by atoms with E-state index in [1.807, 2.05) is 55.5 Å². The van der Waals surface area contributed by atoms with Gasteiger partial charge in [-0.2, -0.15) is 0 Å². The Morgan fingerprint density at radius 2 is 1.54 bits per heavy atom. The molecule has 3 aromatic rings. The van der Waals surface area contributed by atoms with Crippen molar-refractivity contribution in [2.75, 3.05) is 20.5 Å². The number of methoxy groups -OCH3 is 1. The van der Waals surface area contributed by atoms with Gasteiger partial charge in [-0.15, -0.1) is 0 Å². The summed E-state index contributed by atoms with van der Waals surface area (Å²) >= 11 is 0. The van der Waals surface area contributed by atoms with Crippen LogP contribution < -0.4 is 18.9 Å². The summed E-state index contributed by atoms with van der Waals surface area (Å²) in [4.78, 5) is 0. The Hall–Kier alpha value is -3.14.